The van der Waals surface area contributed by atoms with Crippen LogP contribution in [0.3, 0.4) is 0 Å². The third-order valence-corrected chi connectivity index (χ3v) is 4.17. The van der Waals surface area contributed by atoms with Crippen molar-refractivity contribution < 1.29 is 14.7 Å². The number of carbonyl (C=O) groups is 2. The minimum Gasteiger partial charge on any atom is -0.481 e. The Balaban J connectivity index is 1.95. The molecular weight excluding hydrogens is 266 g/mol. The first-order valence-corrected chi connectivity index (χ1v) is 7.36. The first-order chi connectivity index (χ1) is 9.15. The van der Waals surface area contributed by atoms with Gasteiger partial charge in [0.1, 0.15) is 5.25 Å². The summed E-state index contributed by atoms with van der Waals surface area (Å²) in [5, 5.41) is 19.3. The van der Waals surface area contributed by atoms with Crippen molar-refractivity contribution in [2.24, 2.45) is 10.2 Å². The van der Waals surface area contributed by atoms with Crippen molar-refractivity contribution in [1.29, 1.82) is 0 Å². The summed E-state index contributed by atoms with van der Waals surface area (Å²) in [6.07, 6.45) is 6.51. The van der Waals surface area contributed by atoms with E-state index < -0.39 is 11.2 Å². The Bertz CT molecular complexity index is 424. The van der Waals surface area contributed by atoms with E-state index in [1.165, 1.54) is 12.8 Å². The van der Waals surface area contributed by atoms with Crippen LogP contribution in [0.2, 0.25) is 0 Å². The Morgan fingerprint density at radius 3 is 2.58 bits per heavy atom. The molecule has 1 saturated heterocycles. The molecule has 7 heteroatoms. The second-order valence-electron chi connectivity index (χ2n) is 4.68. The molecule has 2 N–H and O–H groups in total. The quantitative estimate of drug-likeness (QED) is 0.610. The number of carboxylic acid groups (broad SMARTS) is 1. The molecule has 0 radical (unpaired) electrons. The van der Waals surface area contributed by atoms with Crippen LogP contribution in [0.5, 0.6) is 0 Å². The third kappa shape index (κ3) is 4.34. The fourth-order valence-corrected chi connectivity index (χ4v) is 3.01. The summed E-state index contributed by atoms with van der Waals surface area (Å²) < 4.78 is 0. The van der Waals surface area contributed by atoms with E-state index in [4.69, 9.17) is 5.11 Å². The van der Waals surface area contributed by atoms with Crippen LogP contribution in [0.25, 0.3) is 0 Å². The Morgan fingerprint density at radius 2 is 1.95 bits per heavy atom. The van der Waals surface area contributed by atoms with Crippen molar-refractivity contribution in [3.8, 4) is 0 Å². The lowest BCUT2D eigenvalue weighted by molar-refractivity contribution is -0.138. The molecule has 0 spiro atoms. The number of hydrogen-bond acceptors (Lipinski definition) is 5. The van der Waals surface area contributed by atoms with Crippen LogP contribution < -0.4 is 5.32 Å². The predicted molar refractivity (Wildman–Crippen MR) is 74.3 cm³/mol. The van der Waals surface area contributed by atoms with Gasteiger partial charge >= 0.3 is 5.97 Å². The molecule has 0 bridgehead atoms. The molecule has 0 aromatic carbocycles. The molecular formula is C12H17N3O3S. The maximum atomic E-state index is 11.5. The number of amides is 1. The molecule has 2 rings (SSSR count). The average molecular weight is 283 g/mol. The molecule has 6 nitrogen and oxygen atoms in total. The number of hydrogen-bond donors (Lipinski definition) is 2. The molecule has 0 aromatic rings. The van der Waals surface area contributed by atoms with Gasteiger partial charge in [-0.3, -0.25) is 9.59 Å². The van der Waals surface area contributed by atoms with Gasteiger partial charge in [-0.1, -0.05) is 24.6 Å². The van der Waals surface area contributed by atoms with Crippen molar-refractivity contribution in [3.63, 3.8) is 0 Å². The van der Waals surface area contributed by atoms with E-state index in [2.05, 4.69) is 15.5 Å². The van der Waals surface area contributed by atoms with Crippen LogP contribution in [-0.2, 0) is 9.59 Å². The van der Waals surface area contributed by atoms with Gasteiger partial charge in [0.25, 0.3) is 0 Å². The lowest BCUT2D eigenvalue weighted by Gasteiger charge is -1.98. The van der Waals surface area contributed by atoms with Gasteiger partial charge in [0.05, 0.1) is 6.42 Å². The topological polar surface area (TPSA) is 91.1 Å². The zero-order valence-electron chi connectivity index (χ0n) is 10.6. The highest BCUT2D eigenvalue weighted by atomic mass is 32.2. The van der Waals surface area contributed by atoms with Gasteiger partial charge in [-0.2, -0.15) is 5.10 Å². The number of carbonyl (C=O) groups excluding carboxylic acids is 1. The fourth-order valence-electron chi connectivity index (χ4n) is 2.10. The second-order valence-corrected chi connectivity index (χ2v) is 5.87. The number of amidine groups is 1. The molecule has 19 heavy (non-hydrogen) atoms. The van der Waals surface area contributed by atoms with Crippen molar-refractivity contribution in [1.82, 2.24) is 5.32 Å². The van der Waals surface area contributed by atoms with Gasteiger partial charge in [0.15, 0.2) is 5.17 Å². The number of thioether (sulfide) groups is 1. The summed E-state index contributed by atoms with van der Waals surface area (Å²) in [5.74, 6) is -1.28. The number of aliphatic carboxylic acids is 1. The maximum absolute atomic E-state index is 11.5. The van der Waals surface area contributed by atoms with E-state index in [1.54, 1.807) is 0 Å². The second kappa shape index (κ2) is 6.70. The van der Waals surface area contributed by atoms with Crippen molar-refractivity contribution >= 4 is 34.5 Å². The van der Waals surface area contributed by atoms with E-state index in [0.717, 1.165) is 43.2 Å². The van der Waals surface area contributed by atoms with Gasteiger partial charge < -0.3 is 10.4 Å². The van der Waals surface area contributed by atoms with Gasteiger partial charge in [-0.05, 0) is 25.7 Å². The van der Waals surface area contributed by atoms with Crippen LogP contribution in [0, 0.1) is 0 Å². The van der Waals surface area contributed by atoms with Crippen LogP contribution in [0.4, 0.5) is 0 Å². The highest BCUT2D eigenvalue weighted by Gasteiger charge is 2.32. The summed E-state index contributed by atoms with van der Waals surface area (Å²) in [6, 6.07) is 0. The fraction of sp³-hybridized carbons (Fsp3) is 0.667. The molecule has 104 valence electrons. The largest absolute Gasteiger partial charge is 0.481 e. The summed E-state index contributed by atoms with van der Waals surface area (Å²) in [5.41, 5.74) is 1.07. The van der Waals surface area contributed by atoms with Gasteiger partial charge in [0.2, 0.25) is 5.91 Å². The Morgan fingerprint density at radius 1 is 1.26 bits per heavy atom. The molecule has 1 saturated carbocycles. The molecule has 1 aliphatic carbocycles. The molecule has 0 aromatic heterocycles. The summed E-state index contributed by atoms with van der Waals surface area (Å²) >= 11 is 1.14. The van der Waals surface area contributed by atoms with Crippen molar-refractivity contribution in [3.05, 3.63) is 0 Å². The lowest BCUT2D eigenvalue weighted by atomic mass is 10.2. The van der Waals surface area contributed by atoms with E-state index in [9.17, 15) is 9.59 Å². The molecule has 1 heterocycles. The minimum absolute atomic E-state index is 0.188. The van der Waals surface area contributed by atoms with Crippen molar-refractivity contribution in [2.75, 3.05) is 0 Å². The first-order valence-electron chi connectivity index (χ1n) is 6.48. The molecule has 2 aliphatic rings. The highest BCUT2D eigenvalue weighted by Crippen LogP contribution is 2.22. The zero-order valence-corrected chi connectivity index (χ0v) is 11.4. The minimum atomic E-state index is -0.982. The van der Waals surface area contributed by atoms with E-state index in [0.29, 0.717) is 5.17 Å². The van der Waals surface area contributed by atoms with Crippen LogP contribution in [0.15, 0.2) is 10.2 Å². The van der Waals surface area contributed by atoms with E-state index in [-0.39, 0.29) is 12.3 Å². The summed E-state index contributed by atoms with van der Waals surface area (Å²) in [7, 11) is 0. The van der Waals surface area contributed by atoms with Crippen LogP contribution in [-0.4, -0.2) is 33.1 Å². The number of rotatable bonds is 3. The average Bonchev–Trinajstić information content (AvgIpc) is 2.57. The first kappa shape index (κ1) is 14.0. The van der Waals surface area contributed by atoms with Gasteiger partial charge in [0, 0.05) is 5.71 Å². The standard InChI is InChI=1S/C12H17N3O3S/c16-10(17)7-9-11(18)13-12(19-9)15-14-8-5-3-1-2-4-6-8/h9H,1-7H2,(H,16,17)(H,13,15,18)/t9-/m1/s1. The Kier molecular flexibility index (Phi) is 4.95. The number of nitrogens with zero attached hydrogens (tertiary/aromatic N) is 2. The van der Waals surface area contributed by atoms with Crippen LogP contribution in [0.1, 0.15) is 44.9 Å². The number of nitrogens with one attached hydrogen (secondary N) is 1. The SMILES string of the molecule is O=C(O)C[C@H]1S/C(=N/N=C2CCCCCC2)NC1=O. The molecule has 2 fully saturated rings. The van der Waals surface area contributed by atoms with E-state index >= 15 is 0 Å². The molecule has 1 aliphatic heterocycles. The normalized spacial score (nSPS) is 26.1. The highest BCUT2D eigenvalue weighted by molar-refractivity contribution is 8.15. The molecule has 1 amide bonds. The smallest absolute Gasteiger partial charge is 0.305 e. The third-order valence-electron chi connectivity index (χ3n) is 3.10. The van der Waals surface area contributed by atoms with Crippen LogP contribution >= 0.6 is 11.8 Å². The van der Waals surface area contributed by atoms with Crippen molar-refractivity contribution in [2.45, 2.75) is 50.2 Å². The Hall–Kier alpha value is -1.37. The molecule has 1 atom stereocenters. The maximum Gasteiger partial charge on any atom is 0.305 e. The lowest BCUT2D eigenvalue weighted by Crippen LogP contribution is -2.26. The predicted octanol–water partition coefficient (Wildman–Crippen LogP) is 1.76. The molecule has 0 unspecified atom stereocenters. The van der Waals surface area contributed by atoms with E-state index in [1.807, 2.05) is 0 Å². The monoisotopic (exact) mass is 283 g/mol. The summed E-state index contributed by atoms with van der Waals surface area (Å²) in [4.78, 5) is 22.1. The van der Waals surface area contributed by atoms with Gasteiger partial charge in [-0.25, -0.2) is 0 Å². The zero-order chi connectivity index (χ0) is 13.7. The summed E-state index contributed by atoms with van der Waals surface area (Å²) in [6.45, 7) is 0. The van der Waals surface area contributed by atoms with Gasteiger partial charge in [-0.15, -0.1) is 5.10 Å². The Labute approximate surface area is 115 Å². The number of carboxylic acids is 1.